The highest BCUT2D eigenvalue weighted by atomic mass is 31.2. The van der Waals surface area contributed by atoms with Crippen LogP contribution >= 0.6 is 17.2 Å². The topological polar surface area (TPSA) is 186 Å². The summed E-state index contributed by atoms with van der Waals surface area (Å²) in [6.07, 6.45) is -2.91. The van der Waals surface area contributed by atoms with Crippen molar-refractivity contribution in [3.8, 4) is 11.1 Å². The van der Waals surface area contributed by atoms with Crippen molar-refractivity contribution in [3.05, 3.63) is 87.0 Å². The lowest BCUT2D eigenvalue weighted by Gasteiger charge is -2.19. The first-order valence-electron chi connectivity index (χ1n) is 11.0. The van der Waals surface area contributed by atoms with E-state index in [0.29, 0.717) is 5.69 Å². The Morgan fingerprint density at radius 2 is 1.84 bits per heavy atom. The molecule has 5 unspecified atom stereocenters. The van der Waals surface area contributed by atoms with Gasteiger partial charge in [-0.2, -0.15) is 0 Å². The molecule has 0 radical (unpaired) electrons. The first-order valence-corrected chi connectivity index (χ1v) is 13.3. The molecule has 37 heavy (non-hydrogen) atoms. The van der Waals surface area contributed by atoms with Gasteiger partial charge in [0.05, 0.1) is 18.8 Å². The molecule has 4 rings (SSSR count). The quantitative estimate of drug-likeness (QED) is 0.233. The molecule has 1 aromatic carbocycles. The molecule has 2 aromatic heterocycles. The minimum Gasteiger partial charge on any atom is -0.387 e. The molecular formula is C22H25N3O10P2. The molecule has 0 aliphatic carbocycles. The lowest BCUT2D eigenvalue weighted by atomic mass is 10.0. The van der Waals surface area contributed by atoms with Crippen LogP contribution in [0.5, 0.6) is 0 Å². The van der Waals surface area contributed by atoms with Crippen molar-refractivity contribution in [2.24, 2.45) is 0 Å². The Hall–Kier alpha value is -2.41. The van der Waals surface area contributed by atoms with Crippen molar-refractivity contribution in [1.82, 2.24) is 14.1 Å². The minimum absolute atomic E-state index is 0.145. The molecule has 198 valence electrons. The maximum absolute atomic E-state index is 13.2. The third-order valence-electron chi connectivity index (χ3n) is 5.79. The predicted octanol–water partition coefficient (Wildman–Crippen LogP) is 0.512. The summed E-state index contributed by atoms with van der Waals surface area (Å²) < 4.78 is 16.7. The summed E-state index contributed by atoms with van der Waals surface area (Å²) in [5.74, 6) is 0. The number of ether oxygens (including phenoxy) is 1. The fraction of sp³-hybridized carbons (Fsp3) is 0.318. The van der Waals surface area contributed by atoms with Gasteiger partial charge in [0.15, 0.2) is 6.23 Å². The summed E-state index contributed by atoms with van der Waals surface area (Å²) in [6, 6.07) is 12.5. The minimum atomic E-state index is -2.86. The molecule has 1 aliphatic heterocycles. The normalized spacial score (nSPS) is 22.5. The molecule has 13 nitrogen and oxygen atoms in total. The Bertz CT molecular complexity index is 1350. The van der Waals surface area contributed by atoms with E-state index in [4.69, 9.17) is 19.0 Å². The molecule has 3 heterocycles. The van der Waals surface area contributed by atoms with E-state index < -0.39 is 59.6 Å². The third-order valence-corrected chi connectivity index (χ3v) is 7.30. The fourth-order valence-corrected chi connectivity index (χ4v) is 4.94. The van der Waals surface area contributed by atoms with E-state index in [-0.39, 0.29) is 6.54 Å². The van der Waals surface area contributed by atoms with Gasteiger partial charge in [0, 0.05) is 18.5 Å². The molecule has 3 aromatic rings. The molecule has 5 N–H and O–H groups in total. The highest BCUT2D eigenvalue weighted by Gasteiger charge is 2.44. The Kier molecular flexibility index (Phi) is 8.94. The Morgan fingerprint density at radius 3 is 2.57 bits per heavy atom. The van der Waals surface area contributed by atoms with E-state index in [1.54, 1.807) is 12.3 Å². The number of aliphatic hydroxyl groups is 2. The van der Waals surface area contributed by atoms with Crippen LogP contribution in [0.4, 0.5) is 0 Å². The van der Waals surface area contributed by atoms with Gasteiger partial charge in [-0.3, -0.25) is 18.9 Å². The second-order valence-corrected chi connectivity index (χ2v) is 10.1. The molecule has 0 bridgehead atoms. The first-order chi connectivity index (χ1) is 17.7. The number of rotatable bonds is 9. The lowest BCUT2D eigenvalue weighted by Crippen LogP contribution is -2.43. The van der Waals surface area contributed by atoms with Crippen LogP contribution in [0.15, 0.2) is 64.4 Å². The smallest absolute Gasteiger partial charge is 0.337 e. The molecule has 15 heteroatoms. The summed E-state index contributed by atoms with van der Waals surface area (Å²) in [7, 11) is -5.53. The first kappa shape index (κ1) is 27.6. The summed E-state index contributed by atoms with van der Waals surface area (Å²) in [5, 5.41) is 20.8. The molecule has 1 aliphatic rings. The maximum Gasteiger partial charge on any atom is 0.337 e. The third kappa shape index (κ3) is 6.36. The molecule has 0 saturated carbocycles. The highest BCUT2D eigenvalue weighted by molar-refractivity contribution is 7.54. The number of hydrogen-bond donors (Lipinski definition) is 5. The number of hydrogen-bond acceptors (Lipinski definition) is 11. The summed E-state index contributed by atoms with van der Waals surface area (Å²) in [4.78, 5) is 57.1. The van der Waals surface area contributed by atoms with Gasteiger partial charge in [-0.25, -0.2) is 9.11 Å². The van der Waals surface area contributed by atoms with Crippen molar-refractivity contribution in [2.45, 2.75) is 38.0 Å². The zero-order valence-electron chi connectivity index (χ0n) is 19.4. The van der Waals surface area contributed by atoms with Gasteiger partial charge in [-0.05, 0) is 35.7 Å². The van der Waals surface area contributed by atoms with Crippen LogP contribution in [0.1, 0.15) is 17.5 Å². The van der Waals surface area contributed by atoms with Gasteiger partial charge in [0.2, 0.25) is 0 Å². The van der Waals surface area contributed by atoms with Crippen LogP contribution in [0.3, 0.4) is 0 Å². The molecular weight excluding hydrogens is 528 g/mol. The average molecular weight is 553 g/mol. The van der Waals surface area contributed by atoms with Crippen molar-refractivity contribution in [1.29, 1.82) is 0 Å². The van der Waals surface area contributed by atoms with Crippen molar-refractivity contribution in [3.63, 3.8) is 0 Å². The number of aryl methyl sites for hydroxylation is 1. The van der Waals surface area contributed by atoms with Crippen molar-refractivity contribution >= 4 is 17.2 Å². The zero-order chi connectivity index (χ0) is 26.7. The average Bonchev–Trinajstić information content (AvgIpc) is 3.14. The lowest BCUT2D eigenvalue weighted by molar-refractivity contribution is -0.0530. The van der Waals surface area contributed by atoms with Crippen LogP contribution in [0.25, 0.3) is 11.1 Å². The van der Waals surface area contributed by atoms with Crippen LogP contribution in [-0.4, -0.2) is 63.9 Å². The summed E-state index contributed by atoms with van der Waals surface area (Å²) >= 11 is 0. The number of aliphatic hydroxyl groups excluding tert-OH is 2. The second-order valence-electron chi connectivity index (χ2n) is 8.20. The summed E-state index contributed by atoms with van der Waals surface area (Å²) in [5.41, 5.74) is 1.98. The largest absolute Gasteiger partial charge is 0.387 e. The van der Waals surface area contributed by atoms with Crippen LogP contribution < -0.4 is 11.2 Å². The molecule has 5 atom stereocenters. The number of benzene rings is 1. The van der Waals surface area contributed by atoms with E-state index in [2.05, 4.69) is 9.29 Å². The van der Waals surface area contributed by atoms with Gasteiger partial charge in [0.25, 0.3) is 5.56 Å². The second kappa shape index (κ2) is 12.0. The van der Waals surface area contributed by atoms with Gasteiger partial charge in [-0.1, -0.05) is 24.3 Å². The van der Waals surface area contributed by atoms with Crippen LogP contribution in [0.2, 0.25) is 0 Å². The molecule has 1 saturated heterocycles. The van der Waals surface area contributed by atoms with Gasteiger partial charge >= 0.3 is 22.9 Å². The predicted molar refractivity (Wildman–Crippen MR) is 132 cm³/mol. The van der Waals surface area contributed by atoms with E-state index in [1.807, 2.05) is 37.3 Å². The van der Waals surface area contributed by atoms with Gasteiger partial charge < -0.3 is 34.2 Å². The standard InChI is InChI=1S/C22H25N3O10P2/c1-13-4-2-3-5-16(13)14-6-8-23-15(10-14)11-25-18(26)7-9-24(22(25)29)21-20(28)19(27)17(34-21)12-33-37(32)35-36(30)31/h2-10,17,19-21,27-28,30-32H,11-12H2,1H3. The Morgan fingerprint density at radius 1 is 1.08 bits per heavy atom. The molecule has 1 fully saturated rings. The Labute approximate surface area is 212 Å². The van der Waals surface area contributed by atoms with Crippen molar-refractivity contribution in [2.75, 3.05) is 6.61 Å². The van der Waals surface area contributed by atoms with Crippen molar-refractivity contribution < 1.29 is 38.5 Å². The maximum atomic E-state index is 13.2. The van der Waals surface area contributed by atoms with Crippen LogP contribution in [0, 0.1) is 6.92 Å². The summed E-state index contributed by atoms with van der Waals surface area (Å²) in [6.45, 7) is 1.35. The monoisotopic (exact) mass is 553 g/mol. The van der Waals surface area contributed by atoms with E-state index in [9.17, 15) is 24.7 Å². The fourth-order valence-electron chi connectivity index (χ4n) is 3.98. The van der Waals surface area contributed by atoms with Crippen LogP contribution in [-0.2, 0) is 20.1 Å². The molecule has 0 amide bonds. The number of pyridine rings is 1. The Balaban J connectivity index is 1.55. The van der Waals surface area contributed by atoms with E-state index in [0.717, 1.165) is 38.1 Å². The van der Waals surface area contributed by atoms with Gasteiger partial charge in [-0.15, -0.1) is 0 Å². The van der Waals surface area contributed by atoms with E-state index >= 15 is 0 Å². The SMILES string of the molecule is Cc1ccccc1-c1ccnc(Cn2c(=O)ccn(C3OC(COP(O)OP(O)O)C(O)C3O)c2=O)c1. The number of nitrogens with zero attached hydrogens (tertiary/aromatic N) is 3. The zero-order valence-corrected chi connectivity index (χ0v) is 21.2. The highest BCUT2D eigenvalue weighted by Crippen LogP contribution is 2.46. The molecule has 0 spiro atoms. The number of aromatic nitrogens is 3. The van der Waals surface area contributed by atoms with E-state index in [1.165, 1.54) is 0 Å². The van der Waals surface area contributed by atoms with Gasteiger partial charge in [0.1, 0.15) is 18.3 Å².